The van der Waals surface area contributed by atoms with Crippen molar-refractivity contribution in [2.24, 2.45) is 0 Å². The summed E-state index contributed by atoms with van der Waals surface area (Å²) in [5.74, 6) is 1.71. The van der Waals surface area contributed by atoms with Crippen molar-refractivity contribution in [1.29, 1.82) is 0 Å². The van der Waals surface area contributed by atoms with Crippen LogP contribution >= 0.6 is 11.8 Å². The molecule has 1 aliphatic rings. The van der Waals surface area contributed by atoms with Crippen LogP contribution in [0.15, 0.2) is 66.7 Å². The summed E-state index contributed by atoms with van der Waals surface area (Å²) < 4.78 is 0. The number of para-hydroxylation sites is 1. The van der Waals surface area contributed by atoms with E-state index < -0.39 is 0 Å². The Kier molecular flexibility index (Phi) is 7.27. The standard InChI is InChI=1S/C25H28N4O2S/c1-28(21-10-6-3-7-11-21)25(31)23-16-22(26-27-23)20-12-14-29(15-13-20)24(30)18-32-17-19-8-4-2-5-9-19/h2-11,16,20H,12-15,17-18H2,1H3,(H,26,27). The zero-order valence-corrected chi connectivity index (χ0v) is 19.1. The van der Waals surface area contributed by atoms with Gasteiger partial charge in [0.2, 0.25) is 5.91 Å². The second kappa shape index (κ2) is 10.5. The molecule has 1 saturated heterocycles. The van der Waals surface area contributed by atoms with E-state index in [0.29, 0.717) is 11.4 Å². The molecule has 0 aliphatic carbocycles. The summed E-state index contributed by atoms with van der Waals surface area (Å²) in [5, 5.41) is 7.32. The van der Waals surface area contributed by atoms with Crippen LogP contribution in [0, 0.1) is 0 Å². The zero-order valence-electron chi connectivity index (χ0n) is 18.2. The van der Waals surface area contributed by atoms with Crippen LogP contribution in [0.2, 0.25) is 0 Å². The lowest BCUT2D eigenvalue weighted by atomic mass is 9.93. The molecule has 1 aromatic heterocycles. The quantitative estimate of drug-likeness (QED) is 0.584. The Morgan fingerprint density at radius 2 is 1.72 bits per heavy atom. The molecule has 0 atom stereocenters. The molecule has 0 saturated carbocycles. The zero-order chi connectivity index (χ0) is 22.3. The Labute approximate surface area is 193 Å². The van der Waals surface area contributed by atoms with Gasteiger partial charge in [-0.2, -0.15) is 5.10 Å². The lowest BCUT2D eigenvalue weighted by Gasteiger charge is -2.31. The van der Waals surface area contributed by atoms with Crippen LogP contribution in [0.5, 0.6) is 0 Å². The highest BCUT2D eigenvalue weighted by molar-refractivity contribution is 7.99. The summed E-state index contributed by atoms with van der Waals surface area (Å²) in [7, 11) is 1.76. The minimum Gasteiger partial charge on any atom is -0.342 e. The number of nitrogens with one attached hydrogen (secondary N) is 1. The second-order valence-electron chi connectivity index (χ2n) is 8.04. The first-order chi connectivity index (χ1) is 15.6. The van der Waals surface area contributed by atoms with E-state index in [2.05, 4.69) is 22.3 Å². The Bertz CT molecular complexity index is 1030. The molecule has 4 rings (SSSR count). The Morgan fingerprint density at radius 3 is 2.41 bits per heavy atom. The van der Waals surface area contributed by atoms with Crippen LogP contribution in [-0.2, 0) is 10.5 Å². The van der Waals surface area contributed by atoms with E-state index in [1.807, 2.05) is 59.5 Å². The van der Waals surface area contributed by atoms with Gasteiger partial charge in [0.15, 0.2) is 5.69 Å². The van der Waals surface area contributed by atoms with Crippen LogP contribution in [0.1, 0.15) is 40.5 Å². The van der Waals surface area contributed by atoms with Crippen molar-refractivity contribution < 1.29 is 9.59 Å². The maximum atomic E-state index is 12.8. The van der Waals surface area contributed by atoms with Crippen molar-refractivity contribution in [3.05, 3.63) is 83.7 Å². The van der Waals surface area contributed by atoms with Gasteiger partial charge in [0.1, 0.15) is 0 Å². The van der Waals surface area contributed by atoms with Gasteiger partial charge in [-0.05, 0) is 36.6 Å². The van der Waals surface area contributed by atoms with Gasteiger partial charge in [0.05, 0.1) is 5.75 Å². The molecular formula is C25H28N4O2S. The first-order valence-electron chi connectivity index (χ1n) is 10.9. The molecule has 1 aliphatic heterocycles. The number of aromatic amines is 1. The molecule has 166 valence electrons. The molecule has 7 heteroatoms. The average molecular weight is 449 g/mol. The molecule has 3 aromatic rings. The van der Waals surface area contributed by atoms with Gasteiger partial charge in [-0.25, -0.2) is 0 Å². The van der Waals surface area contributed by atoms with Crippen LogP contribution in [-0.4, -0.2) is 52.8 Å². The van der Waals surface area contributed by atoms with E-state index in [1.54, 1.807) is 23.7 Å². The molecule has 2 heterocycles. The molecule has 6 nitrogen and oxygen atoms in total. The number of hydrogen-bond donors (Lipinski definition) is 1. The number of anilines is 1. The number of rotatable bonds is 7. The van der Waals surface area contributed by atoms with Crippen LogP contribution < -0.4 is 4.90 Å². The Hall–Kier alpha value is -3.06. The third kappa shape index (κ3) is 5.40. The van der Waals surface area contributed by atoms with Crippen molar-refractivity contribution in [2.45, 2.75) is 24.5 Å². The number of benzene rings is 2. The maximum Gasteiger partial charge on any atom is 0.278 e. The van der Waals surface area contributed by atoms with E-state index in [4.69, 9.17) is 0 Å². The fourth-order valence-corrected chi connectivity index (χ4v) is 4.85. The van der Waals surface area contributed by atoms with Gasteiger partial charge in [0.25, 0.3) is 5.91 Å². The number of carbonyl (C=O) groups is 2. The van der Waals surface area contributed by atoms with E-state index in [-0.39, 0.29) is 17.7 Å². The summed E-state index contributed by atoms with van der Waals surface area (Å²) in [6.45, 7) is 1.48. The fourth-order valence-electron chi connectivity index (χ4n) is 3.96. The van der Waals surface area contributed by atoms with Crippen LogP contribution in [0.3, 0.4) is 0 Å². The number of nitrogens with zero attached hydrogens (tertiary/aromatic N) is 3. The monoisotopic (exact) mass is 448 g/mol. The van der Waals surface area contributed by atoms with E-state index in [1.165, 1.54) is 5.56 Å². The van der Waals surface area contributed by atoms with Crippen molar-refractivity contribution >= 4 is 29.3 Å². The fraction of sp³-hybridized carbons (Fsp3) is 0.320. The summed E-state index contributed by atoms with van der Waals surface area (Å²) in [6, 6.07) is 21.6. The minimum absolute atomic E-state index is 0.137. The number of amides is 2. The van der Waals surface area contributed by atoms with Gasteiger partial charge in [0, 0.05) is 43.2 Å². The van der Waals surface area contributed by atoms with Crippen LogP contribution in [0.4, 0.5) is 5.69 Å². The van der Waals surface area contributed by atoms with E-state index >= 15 is 0 Å². The number of hydrogen-bond acceptors (Lipinski definition) is 4. The van der Waals surface area contributed by atoms with Gasteiger partial charge in [-0.3, -0.25) is 14.7 Å². The molecule has 0 bridgehead atoms. The Morgan fingerprint density at radius 1 is 1.06 bits per heavy atom. The van der Waals surface area contributed by atoms with E-state index in [9.17, 15) is 9.59 Å². The molecule has 1 fully saturated rings. The number of carbonyl (C=O) groups excluding carboxylic acids is 2. The number of aromatic nitrogens is 2. The van der Waals surface area contributed by atoms with Crippen LogP contribution in [0.25, 0.3) is 0 Å². The SMILES string of the molecule is CN(C(=O)c1cc(C2CCN(C(=O)CSCc3ccccc3)CC2)[nH]n1)c1ccccc1. The van der Waals surface area contributed by atoms with E-state index in [0.717, 1.165) is 43.1 Å². The molecule has 0 spiro atoms. The summed E-state index contributed by atoms with van der Waals surface area (Å²) in [6.07, 6.45) is 1.75. The topological polar surface area (TPSA) is 69.3 Å². The van der Waals surface area contributed by atoms with Crippen molar-refractivity contribution in [1.82, 2.24) is 15.1 Å². The first-order valence-corrected chi connectivity index (χ1v) is 12.0. The summed E-state index contributed by atoms with van der Waals surface area (Å²) >= 11 is 1.66. The number of piperidine rings is 1. The highest BCUT2D eigenvalue weighted by Crippen LogP contribution is 2.28. The average Bonchev–Trinajstić information content (AvgIpc) is 3.35. The third-order valence-corrected chi connectivity index (χ3v) is 6.88. The first kappa shape index (κ1) is 22.1. The molecule has 0 radical (unpaired) electrons. The van der Waals surface area contributed by atoms with Gasteiger partial charge in [-0.1, -0.05) is 48.5 Å². The van der Waals surface area contributed by atoms with Gasteiger partial charge in [-0.15, -0.1) is 11.8 Å². The predicted molar refractivity (Wildman–Crippen MR) is 129 cm³/mol. The Balaban J connectivity index is 1.26. The van der Waals surface area contributed by atoms with Crippen molar-refractivity contribution in [3.63, 3.8) is 0 Å². The highest BCUT2D eigenvalue weighted by atomic mass is 32.2. The maximum absolute atomic E-state index is 12.8. The van der Waals surface area contributed by atoms with Crippen molar-refractivity contribution in [2.75, 3.05) is 30.8 Å². The number of thioether (sulfide) groups is 1. The molecule has 32 heavy (non-hydrogen) atoms. The molecular weight excluding hydrogens is 420 g/mol. The highest BCUT2D eigenvalue weighted by Gasteiger charge is 2.26. The second-order valence-corrected chi connectivity index (χ2v) is 9.03. The normalized spacial score (nSPS) is 14.3. The number of H-pyrrole nitrogens is 1. The predicted octanol–water partition coefficient (Wildman–Crippen LogP) is 4.33. The summed E-state index contributed by atoms with van der Waals surface area (Å²) in [4.78, 5) is 28.9. The number of likely N-dealkylation sites (tertiary alicyclic amines) is 1. The molecule has 2 aromatic carbocycles. The molecule has 0 unspecified atom stereocenters. The minimum atomic E-state index is -0.137. The molecule has 1 N–H and O–H groups in total. The lowest BCUT2D eigenvalue weighted by Crippen LogP contribution is -2.39. The lowest BCUT2D eigenvalue weighted by molar-refractivity contribution is -0.129. The summed E-state index contributed by atoms with van der Waals surface area (Å²) in [5.41, 5.74) is 3.47. The smallest absolute Gasteiger partial charge is 0.278 e. The molecule has 2 amide bonds. The van der Waals surface area contributed by atoms with Crippen molar-refractivity contribution in [3.8, 4) is 0 Å². The van der Waals surface area contributed by atoms with Gasteiger partial charge >= 0.3 is 0 Å². The van der Waals surface area contributed by atoms with Gasteiger partial charge < -0.3 is 9.80 Å². The largest absolute Gasteiger partial charge is 0.342 e. The third-order valence-electron chi connectivity index (χ3n) is 5.89.